The Morgan fingerprint density at radius 3 is 1.88 bits per heavy atom. The fourth-order valence-corrected chi connectivity index (χ4v) is 3.64. The Hall–Kier alpha value is -2.10. The Bertz CT molecular complexity index is 865. The van der Waals surface area contributed by atoms with E-state index in [1.54, 1.807) is 12.1 Å². The maximum absolute atomic E-state index is 14.7. The van der Waals surface area contributed by atoms with Crippen LogP contribution in [0, 0.1) is 23.3 Å². The molecule has 1 aliphatic rings. The average molecular weight is 362 g/mol. The summed E-state index contributed by atoms with van der Waals surface area (Å²) in [7, 11) is 0. The molecule has 0 amide bonds. The fraction of sp³-hybridized carbons (Fsp3) is 0.364. The Morgan fingerprint density at radius 1 is 0.846 bits per heavy atom. The summed E-state index contributed by atoms with van der Waals surface area (Å²) in [5.74, 6) is -4.04. The van der Waals surface area contributed by atoms with Crippen LogP contribution in [0.15, 0.2) is 24.3 Å². The lowest BCUT2D eigenvalue weighted by atomic mass is 9.97. The van der Waals surface area contributed by atoms with Crippen molar-refractivity contribution in [2.24, 2.45) is 0 Å². The number of fused-ring (bicyclic) bond motifs is 3. The van der Waals surface area contributed by atoms with E-state index >= 15 is 0 Å². The molecule has 1 aliphatic carbocycles. The minimum absolute atomic E-state index is 0.117. The molecule has 0 aromatic heterocycles. The summed E-state index contributed by atoms with van der Waals surface area (Å²) in [4.78, 5) is 0. The summed E-state index contributed by atoms with van der Waals surface area (Å²) in [5, 5.41) is 0. The molecule has 2 aromatic carbocycles. The molecule has 3 rings (SSSR count). The number of hydrogen-bond donors (Lipinski definition) is 0. The maximum Gasteiger partial charge on any atom is 0.167 e. The number of unbranched alkanes of at least 4 members (excludes halogenated alkanes) is 1. The first-order chi connectivity index (χ1) is 12.5. The zero-order chi connectivity index (χ0) is 18.8. The molecular formula is C22H22F4. The lowest BCUT2D eigenvalue weighted by Gasteiger charge is -2.11. The molecule has 138 valence electrons. The van der Waals surface area contributed by atoms with E-state index in [1.807, 2.05) is 26.0 Å². The van der Waals surface area contributed by atoms with Gasteiger partial charge in [-0.25, -0.2) is 17.6 Å². The van der Waals surface area contributed by atoms with Gasteiger partial charge in [0.25, 0.3) is 0 Å². The summed E-state index contributed by atoms with van der Waals surface area (Å²) in [6.07, 6.45) is 7.07. The quantitative estimate of drug-likeness (QED) is 0.339. The molecule has 0 spiro atoms. The lowest BCUT2D eigenvalue weighted by molar-refractivity contribution is 0.491. The van der Waals surface area contributed by atoms with Gasteiger partial charge in [0.2, 0.25) is 0 Å². The Labute approximate surface area is 151 Å². The van der Waals surface area contributed by atoms with E-state index in [0.717, 1.165) is 12.8 Å². The van der Waals surface area contributed by atoms with Gasteiger partial charge in [-0.2, -0.15) is 0 Å². The number of rotatable bonds is 6. The molecule has 2 aromatic rings. The van der Waals surface area contributed by atoms with Gasteiger partial charge in [-0.1, -0.05) is 37.6 Å². The van der Waals surface area contributed by atoms with Gasteiger partial charge in [0.1, 0.15) is 0 Å². The van der Waals surface area contributed by atoms with Crippen molar-refractivity contribution in [3.8, 4) is 11.1 Å². The van der Waals surface area contributed by atoms with Crippen LogP contribution in [-0.4, -0.2) is 0 Å². The first kappa shape index (κ1) is 18.7. The predicted octanol–water partition coefficient (Wildman–Crippen LogP) is 6.67. The normalized spacial score (nSPS) is 12.7. The van der Waals surface area contributed by atoms with Crippen LogP contribution < -0.4 is 0 Å². The largest absolute Gasteiger partial charge is 0.203 e. The molecule has 0 atom stereocenters. The van der Waals surface area contributed by atoms with Gasteiger partial charge < -0.3 is 0 Å². The van der Waals surface area contributed by atoms with E-state index in [9.17, 15) is 17.6 Å². The smallest absolute Gasteiger partial charge is 0.167 e. The van der Waals surface area contributed by atoms with Crippen LogP contribution in [0.4, 0.5) is 17.6 Å². The molecule has 0 heterocycles. The monoisotopic (exact) mass is 362 g/mol. The highest BCUT2D eigenvalue weighted by atomic mass is 19.2. The van der Waals surface area contributed by atoms with Crippen molar-refractivity contribution in [2.45, 2.75) is 52.4 Å². The Morgan fingerprint density at radius 2 is 1.38 bits per heavy atom. The number of hydrogen-bond acceptors (Lipinski definition) is 0. The second-order valence-electron chi connectivity index (χ2n) is 6.78. The van der Waals surface area contributed by atoms with Gasteiger partial charge in [0, 0.05) is 11.1 Å². The van der Waals surface area contributed by atoms with Gasteiger partial charge >= 0.3 is 0 Å². The van der Waals surface area contributed by atoms with Gasteiger partial charge in [0.15, 0.2) is 23.3 Å². The maximum atomic E-state index is 14.7. The minimum Gasteiger partial charge on any atom is -0.203 e. The highest BCUT2D eigenvalue weighted by molar-refractivity contribution is 5.79. The third kappa shape index (κ3) is 3.17. The highest BCUT2D eigenvalue weighted by Crippen LogP contribution is 2.43. The highest BCUT2D eigenvalue weighted by Gasteiger charge is 2.31. The van der Waals surface area contributed by atoms with E-state index in [4.69, 9.17) is 0 Å². The summed E-state index contributed by atoms with van der Waals surface area (Å²) in [6, 6.07) is 3.21. The van der Waals surface area contributed by atoms with Crippen molar-refractivity contribution in [1.29, 1.82) is 0 Å². The van der Waals surface area contributed by atoms with E-state index in [1.165, 1.54) is 0 Å². The van der Waals surface area contributed by atoms with Crippen molar-refractivity contribution in [1.82, 2.24) is 0 Å². The van der Waals surface area contributed by atoms with Crippen LogP contribution >= 0.6 is 0 Å². The van der Waals surface area contributed by atoms with Gasteiger partial charge in [-0.15, -0.1) is 0 Å². The van der Waals surface area contributed by atoms with Crippen LogP contribution in [0.1, 0.15) is 55.4 Å². The molecule has 0 saturated carbocycles. The molecule has 4 heteroatoms. The van der Waals surface area contributed by atoms with Crippen molar-refractivity contribution in [3.63, 3.8) is 0 Å². The second kappa shape index (κ2) is 7.65. The molecule has 0 fully saturated rings. The minimum atomic E-state index is -1.07. The summed E-state index contributed by atoms with van der Waals surface area (Å²) in [5.41, 5.74) is 1.42. The zero-order valence-corrected chi connectivity index (χ0v) is 15.1. The molecule has 26 heavy (non-hydrogen) atoms. The fourth-order valence-electron chi connectivity index (χ4n) is 3.64. The van der Waals surface area contributed by atoms with Crippen LogP contribution in [0.3, 0.4) is 0 Å². The number of allylic oxidation sites excluding steroid dienone is 2. The topological polar surface area (TPSA) is 0 Å². The number of halogens is 4. The van der Waals surface area contributed by atoms with Gasteiger partial charge in [-0.05, 0) is 61.3 Å². The number of benzene rings is 2. The van der Waals surface area contributed by atoms with Crippen LogP contribution in [-0.2, 0) is 19.3 Å². The summed E-state index contributed by atoms with van der Waals surface area (Å²) >= 11 is 0. The molecule has 0 bridgehead atoms. The molecule has 0 nitrogen and oxygen atoms in total. The van der Waals surface area contributed by atoms with Crippen molar-refractivity contribution in [3.05, 3.63) is 69.8 Å². The molecule has 0 aliphatic heterocycles. The van der Waals surface area contributed by atoms with Crippen molar-refractivity contribution in [2.75, 3.05) is 0 Å². The first-order valence-corrected chi connectivity index (χ1v) is 9.10. The van der Waals surface area contributed by atoms with Crippen molar-refractivity contribution < 1.29 is 17.6 Å². The van der Waals surface area contributed by atoms with Crippen LogP contribution in [0.25, 0.3) is 11.1 Å². The molecular weight excluding hydrogens is 340 g/mol. The predicted molar refractivity (Wildman–Crippen MR) is 96.3 cm³/mol. The standard InChI is InChI=1S/C22H22F4/c1-3-5-7-9-14-11-16-12-15-10-13(8-6-4-2)19(23)21(25)17(15)18(16)22(26)20(14)24/h3,5,10-11H,4,6-9,12H2,1-2H3/b5-3+. The molecule has 0 radical (unpaired) electrons. The van der Waals surface area contributed by atoms with Gasteiger partial charge in [0.05, 0.1) is 0 Å². The van der Waals surface area contributed by atoms with Crippen LogP contribution in [0.5, 0.6) is 0 Å². The third-order valence-electron chi connectivity index (χ3n) is 4.97. The van der Waals surface area contributed by atoms with Crippen molar-refractivity contribution >= 4 is 0 Å². The summed E-state index contributed by atoms with van der Waals surface area (Å²) < 4.78 is 58.2. The lowest BCUT2D eigenvalue weighted by Crippen LogP contribution is -2.01. The first-order valence-electron chi connectivity index (χ1n) is 9.10. The SMILES string of the molecule is C/C=C/CCc1cc2c(c(F)c1F)-c1c(cc(CCCC)c(F)c1F)C2. The Kier molecular flexibility index (Phi) is 5.49. The van der Waals surface area contributed by atoms with Gasteiger partial charge in [-0.3, -0.25) is 0 Å². The third-order valence-corrected chi connectivity index (χ3v) is 4.97. The molecule has 0 saturated heterocycles. The van der Waals surface area contributed by atoms with E-state index in [2.05, 4.69) is 0 Å². The van der Waals surface area contributed by atoms with E-state index in [-0.39, 0.29) is 16.7 Å². The van der Waals surface area contributed by atoms with Crippen LogP contribution in [0.2, 0.25) is 0 Å². The van der Waals surface area contributed by atoms with E-state index < -0.39 is 23.3 Å². The number of aryl methyl sites for hydroxylation is 2. The second-order valence-corrected chi connectivity index (χ2v) is 6.78. The molecule has 0 N–H and O–H groups in total. The zero-order valence-electron chi connectivity index (χ0n) is 15.1. The molecule has 0 unspecified atom stereocenters. The average Bonchev–Trinajstić information content (AvgIpc) is 2.99. The Balaban J connectivity index is 2.07. The van der Waals surface area contributed by atoms with E-state index in [0.29, 0.717) is 42.4 Å². The summed E-state index contributed by atoms with van der Waals surface area (Å²) in [6.45, 7) is 3.84.